The predicted molar refractivity (Wildman–Crippen MR) is 78.1 cm³/mol. The van der Waals surface area contributed by atoms with E-state index in [1.54, 1.807) is 25.2 Å². The van der Waals surface area contributed by atoms with Gasteiger partial charge in [0.15, 0.2) is 0 Å². The first-order valence-corrected chi connectivity index (χ1v) is 8.00. The summed E-state index contributed by atoms with van der Waals surface area (Å²) in [5, 5.41) is 0. The number of aryl methyl sites for hydroxylation is 1. The minimum absolute atomic E-state index is 0.0633. The van der Waals surface area contributed by atoms with Crippen molar-refractivity contribution in [3.8, 4) is 0 Å². The summed E-state index contributed by atoms with van der Waals surface area (Å²) in [6, 6.07) is 5.09. The van der Waals surface area contributed by atoms with E-state index in [9.17, 15) is 8.42 Å². The summed E-state index contributed by atoms with van der Waals surface area (Å²) in [7, 11) is -1.78. The van der Waals surface area contributed by atoms with Gasteiger partial charge in [-0.05, 0) is 36.1 Å². The summed E-state index contributed by atoms with van der Waals surface area (Å²) < 4.78 is 27.1. The van der Waals surface area contributed by atoms with Crippen molar-refractivity contribution in [1.82, 2.24) is 4.31 Å². The van der Waals surface area contributed by atoms with Gasteiger partial charge in [-0.3, -0.25) is 0 Å². The fraction of sp³-hybridized carbons (Fsp3) is 0.538. The van der Waals surface area contributed by atoms with Crippen molar-refractivity contribution in [2.75, 3.05) is 13.6 Å². The molecule has 102 valence electrons. The highest BCUT2D eigenvalue weighted by atomic mass is 79.9. The minimum atomic E-state index is -3.40. The van der Waals surface area contributed by atoms with E-state index in [0.717, 1.165) is 10.0 Å². The molecule has 0 saturated heterocycles. The van der Waals surface area contributed by atoms with E-state index in [2.05, 4.69) is 15.9 Å². The summed E-state index contributed by atoms with van der Waals surface area (Å²) >= 11 is 3.37. The quantitative estimate of drug-likeness (QED) is 0.849. The van der Waals surface area contributed by atoms with Gasteiger partial charge in [-0.25, -0.2) is 12.7 Å². The summed E-state index contributed by atoms with van der Waals surface area (Å²) in [6.07, 6.45) is 0. The largest absolute Gasteiger partial charge is 0.242 e. The molecule has 1 rings (SSSR count). The Bertz CT molecular complexity index is 532. The van der Waals surface area contributed by atoms with Crippen LogP contribution in [0.4, 0.5) is 0 Å². The number of sulfonamides is 1. The van der Waals surface area contributed by atoms with Crippen LogP contribution in [0.15, 0.2) is 27.6 Å². The lowest BCUT2D eigenvalue weighted by Gasteiger charge is -2.26. The van der Waals surface area contributed by atoms with Crippen LogP contribution in [0, 0.1) is 12.3 Å². The van der Waals surface area contributed by atoms with E-state index in [1.165, 1.54) is 4.31 Å². The van der Waals surface area contributed by atoms with Crippen LogP contribution in [0.5, 0.6) is 0 Å². The van der Waals surface area contributed by atoms with Gasteiger partial charge >= 0.3 is 0 Å². The number of halogens is 1. The number of nitrogens with zero attached hydrogens (tertiary/aromatic N) is 1. The second-order valence-corrected chi connectivity index (χ2v) is 8.63. The van der Waals surface area contributed by atoms with Crippen LogP contribution in [0.3, 0.4) is 0 Å². The molecule has 5 heteroatoms. The van der Waals surface area contributed by atoms with Gasteiger partial charge in [0.1, 0.15) is 0 Å². The Morgan fingerprint density at radius 3 is 2.28 bits per heavy atom. The Balaban J connectivity index is 3.10. The zero-order chi connectivity index (χ0) is 14.1. The van der Waals surface area contributed by atoms with E-state index >= 15 is 0 Å². The van der Waals surface area contributed by atoms with Crippen LogP contribution in [-0.4, -0.2) is 26.3 Å². The topological polar surface area (TPSA) is 37.4 Å². The molecule has 1 aromatic carbocycles. The van der Waals surface area contributed by atoms with Crippen molar-refractivity contribution in [2.45, 2.75) is 32.6 Å². The Kier molecular flexibility index (Phi) is 4.62. The standard InChI is InChI=1S/C13H20BrNO2S/c1-10-8-11(6-7-12(10)14)18(16,17)15(5)9-13(2,3)4/h6-8H,9H2,1-5H3. The molecule has 18 heavy (non-hydrogen) atoms. The summed E-state index contributed by atoms with van der Waals surface area (Å²) in [6.45, 7) is 8.43. The zero-order valence-corrected chi connectivity index (χ0v) is 13.9. The van der Waals surface area contributed by atoms with Crippen LogP contribution >= 0.6 is 15.9 Å². The van der Waals surface area contributed by atoms with Crippen LogP contribution in [0.2, 0.25) is 0 Å². The van der Waals surface area contributed by atoms with Gasteiger partial charge in [-0.2, -0.15) is 0 Å². The fourth-order valence-corrected chi connectivity index (χ4v) is 3.44. The highest BCUT2D eigenvalue weighted by Crippen LogP contribution is 2.24. The van der Waals surface area contributed by atoms with Gasteiger partial charge in [-0.1, -0.05) is 36.7 Å². The first-order chi connectivity index (χ1) is 8.04. The molecule has 0 atom stereocenters. The van der Waals surface area contributed by atoms with Crippen molar-refractivity contribution in [1.29, 1.82) is 0 Å². The molecule has 0 aliphatic heterocycles. The number of rotatable bonds is 3. The average Bonchev–Trinajstić information content (AvgIpc) is 2.19. The van der Waals surface area contributed by atoms with E-state index in [4.69, 9.17) is 0 Å². The maximum absolute atomic E-state index is 12.4. The van der Waals surface area contributed by atoms with Crippen LogP contribution < -0.4 is 0 Å². The SMILES string of the molecule is Cc1cc(S(=O)(=O)N(C)CC(C)(C)C)ccc1Br. The molecule has 0 spiro atoms. The van der Waals surface area contributed by atoms with Crippen LogP contribution in [0.25, 0.3) is 0 Å². The molecule has 0 saturated carbocycles. The summed E-state index contributed by atoms with van der Waals surface area (Å²) in [5.74, 6) is 0. The molecular weight excluding hydrogens is 314 g/mol. The molecule has 0 N–H and O–H groups in total. The fourth-order valence-electron chi connectivity index (χ4n) is 1.71. The van der Waals surface area contributed by atoms with Crippen LogP contribution in [0.1, 0.15) is 26.3 Å². The van der Waals surface area contributed by atoms with E-state index in [0.29, 0.717) is 11.4 Å². The van der Waals surface area contributed by atoms with Crippen molar-refractivity contribution >= 4 is 26.0 Å². The monoisotopic (exact) mass is 333 g/mol. The number of hydrogen-bond donors (Lipinski definition) is 0. The molecule has 0 aliphatic rings. The molecule has 0 fully saturated rings. The van der Waals surface area contributed by atoms with Gasteiger partial charge in [0, 0.05) is 18.1 Å². The molecule has 0 radical (unpaired) electrons. The lowest BCUT2D eigenvalue weighted by atomic mass is 9.97. The lowest BCUT2D eigenvalue weighted by Crippen LogP contribution is -2.34. The van der Waals surface area contributed by atoms with Gasteiger partial charge in [0.25, 0.3) is 0 Å². The van der Waals surface area contributed by atoms with Gasteiger partial charge in [0.05, 0.1) is 4.90 Å². The van der Waals surface area contributed by atoms with Crippen molar-refractivity contribution in [3.63, 3.8) is 0 Å². The maximum atomic E-state index is 12.4. The highest BCUT2D eigenvalue weighted by molar-refractivity contribution is 9.10. The molecule has 1 aromatic rings. The Labute approximate surface area is 118 Å². The second-order valence-electron chi connectivity index (χ2n) is 5.73. The smallest absolute Gasteiger partial charge is 0.207 e. The lowest BCUT2D eigenvalue weighted by molar-refractivity contribution is 0.311. The second kappa shape index (κ2) is 5.31. The van der Waals surface area contributed by atoms with Gasteiger partial charge in [0.2, 0.25) is 10.0 Å². The Morgan fingerprint density at radius 1 is 1.28 bits per heavy atom. The molecule has 3 nitrogen and oxygen atoms in total. The average molecular weight is 334 g/mol. The van der Waals surface area contributed by atoms with E-state index < -0.39 is 10.0 Å². The molecule has 0 bridgehead atoms. The molecule has 0 aliphatic carbocycles. The Hall–Kier alpha value is -0.390. The first kappa shape index (κ1) is 15.7. The molecular formula is C13H20BrNO2S. The van der Waals surface area contributed by atoms with E-state index in [1.807, 2.05) is 27.7 Å². The third-order valence-corrected chi connectivity index (χ3v) is 5.22. The molecule has 0 unspecified atom stereocenters. The number of benzene rings is 1. The van der Waals surface area contributed by atoms with E-state index in [-0.39, 0.29) is 5.41 Å². The van der Waals surface area contributed by atoms with Crippen molar-refractivity contribution < 1.29 is 8.42 Å². The Morgan fingerprint density at radius 2 is 1.83 bits per heavy atom. The van der Waals surface area contributed by atoms with Crippen LogP contribution in [-0.2, 0) is 10.0 Å². The normalized spacial score (nSPS) is 13.1. The minimum Gasteiger partial charge on any atom is -0.207 e. The molecule has 0 heterocycles. The molecule has 0 aromatic heterocycles. The van der Waals surface area contributed by atoms with Gasteiger partial charge in [-0.15, -0.1) is 0 Å². The predicted octanol–water partition coefficient (Wildman–Crippen LogP) is 3.42. The first-order valence-electron chi connectivity index (χ1n) is 5.76. The maximum Gasteiger partial charge on any atom is 0.242 e. The number of hydrogen-bond acceptors (Lipinski definition) is 2. The highest BCUT2D eigenvalue weighted by Gasteiger charge is 2.25. The van der Waals surface area contributed by atoms with Crippen molar-refractivity contribution in [3.05, 3.63) is 28.2 Å². The summed E-state index contributed by atoms with van der Waals surface area (Å²) in [5.41, 5.74) is 0.854. The third-order valence-electron chi connectivity index (χ3n) is 2.53. The van der Waals surface area contributed by atoms with Crippen molar-refractivity contribution in [2.24, 2.45) is 5.41 Å². The third kappa shape index (κ3) is 3.80. The van der Waals surface area contributed by atoms with Gasteiger partial charge < -0.3 is 0 Å². The summed E-state index contributed by atoms with van der Waals surface area (Å²) in [4.78, 5) is 0.343. The zero-order valence-electron chi connectivity index (χ0n) is 11.5. The molecule has 0 amide bonds.